The minimum Gasteiger partial charge on any atom is -0.380 e. The number of ether oxygens (including phenoxy) is 1. The average Bonchev–Trinajstić information content (AvgIpc) is 2.73. The van der Waals surface area contributed by atoms with Gasteiger partial charge in [-0.15, -0.1) is 4.40 Å². The monoisotopic (exact) mass is 302 g/mol. The van der Waals surface area contributed by atoms with Gasteiger partial charge in [0.05, 0.1) is 6.61 Å². The van der Waals surface area contributed by atoms with E-state index in [0.29, 0.717) is 18.0 Å². The Balaban J connectivity index is 1.89. The van der Waals surface area contributed by atoms with E-state index < -0.39 is 10.0 Å². The molecule has 21 heavy (non-hydrogen) atoms. The highest BCUT2D eigenvalue weighted by Crippen LogP contribution is 2.26. The highest BCUT2D eigenvalue weighted by Gasteiger charge is 2.28. The summed E-state index contributed by atoms with van der Waals surface area (Å²) in [6, 6.07) is 14.3. The molecule has 0 amide bonds. The fraction of sp³-hybridized carbons (Fsp3) is 0.133. The molecule has 1 aliphatic heterocycles. The van der Waals surface area contributed by atoms with Crippen LogP contribution in [0.4, 0.5) is 5.69 Å². The summed E-state index contributed by atoms with van der Waals surface area (Å²) in [5, 5.41) is 3.05. The quantitative estimate of drug-likeness (QED) is 0.945. The van der Waals surface area contributed by atoms with E-state index in [1.807, 2.05) is 24.3 Å². The Kier molecular flexibility index (Phi) is 3.48. The van der Waals surface area contributed by atoms with E-state index in [9.17, 15) is 8.42 Å². The van der Waals surface area contributed by atoms with Crippen LogP contribution in [0.25, 0.3) is 0 Å². The van der Waals surface area contributed by atoms with Crippen molar-refractivity contribution in [3.63, 3.8) is 0 Å². The van der Waals surface area contributed by atoms with Gasteiger partial charge in [-0.25, -0.2) is 0 Å². The average molecular weight is 302 g/mol. The van der Waals surface area contributed by atoms with E-state index in [-0.39, 0.29) is 4.90 Å². The number of benzene rings is 2. The molecule has 2 aromatic rings. The van der Waals surface area contributed by atoms with Gasteiger partial charge in [-0.05, 0) is 29.8 Å². The Hall–Kier alpha value is -2.18. The first-order valence-corrected chi connectivity index (χ1v) is 7.83. The van der Waals surface area contributed by atoms with Gasteiger partial charge in [-0.3, -0.25) is 0 Å². The van der Waals surface area contributed by atoms with Crippen molar-refractivity contribution in [1.82, 2.24) is 0 Å². The minimum atomic E-state index is -3.59. The molecular weight excluding hydrogens is 288 g/mol. The molecule has 0 fully saturated rings. The molecule has 6 heteroatoms. The Bertz CT molecular complexity index is 796. The topological polar surface area (TPSA) is 67.8 Å². The van der Waals surface area contributed by atoms with E-state index in [0.717, 1.165) is 11.3 Å². The summed E-state index contributed by atoms with van der Waals surface area (Å²) in [7, 11) is -1.95. The summed E-state index contributed by atoms with van der Waals surface area (Å²) in [6.07, 6.45) is 0. The van der Waals surface area contributed by atoms with Crippen LogP contribution in [0.5, 0.6) is 0 Å². The Morgan fingerprint density at radius 3 is 2.52 bits per heavy atom. The van der Waals surface area contributed by atoms with E-state index in [4.69, 9.17) is 4.74 Å². The predicted molar refractivity (Wildman–Crippen MR) is 80.9 cm³/mol. The SMILES string of the molecule is COCc1ccc(NC2=NS(=O)(=O)c3ccccc32)cc1. The largest absolute Gasteiger partial charge is 0.380 e. The third-order valence-electron chi connectivity index (χ3n) is 3.16. The van der Waals surface area contributed by atoms with Crippen LogP contribution < -0.4 is 5.32 Å². The second-order valence-corrected chi connectivity index (χ2v) is 6.24. The van der Waals surface area contributed by atoms with Crippen molar-refractivity contribution in [3.8, 4) is 0 Å². The highest BCUT2D eigenvalue weighted by molar-refractivity contribution is 7.90. The lowest BCUT2D eigenvalue weighted by Gasteiger charge is -2.07. The first-order chi connectivity index (χ1) is 10.1. The third kappa shape index (κ3) is 2.68. The smallest absolute Gasteiger partial charge is 0.285 e. The number of methoxy groups -OCH3 is 1. The molecule has 5 nitrogen and oxygen atoms in total. The molecule has 0 radical (unpaired) electrons. The lowest BCUT2D eigenvalue weighted by molar-refractivity contribution is 0.185. The Morgan fingerprint density at radius 1 is 1.10 bits per heavy atom. The molecule has 1 N–H and O–H groups in total. The first-order valence-electron chi connectivity index (χ1n) is 6.39. The Morgan fingerprint density at radius 2 is 1.81 bits per heavy atom. The van der Waals surface area contributed by atoms with Gasteiger partial charge in [0.15, 0.2) is 5.84 Å². The van der Waals surface area contributed by atoms with Gasteiger partial charge in [0.2, 0.25) is 0 Å². The summed E-state index contributed by atoms with van der Waals surface area (Å²) >= 11 is 0. The molecule has 108 valence electrons. The number of hydrogen-bond donors (Lipinski definition) is 1. The lowest BCUT2D eigenvalue weighted by atomic mass is 10.2. The number of nitrogens with one attached hydrogen (secondary N) is 1. The zero-order valence-electron chi connectivity index (χ0n) is 11.4. The van der Waals surface area contributed by atoms with E-state index in [1.54, 1.807) is 31.4 Å². The van der Waals surface area contributed by atoms with Crippen molar-refractivity contribution < 1.29 is 13.2 Å². The zero-order valence-corrected chi connectivity index (χ0v) is 12.2. The fourth-order valence-corrected chi connectivity index (χ4v) is 3.36. The van der Waals surface area contributed by atoms with Crippen LogP contribution >= 0.6 is 0 Å². The van der Waals surface area contributed by atoms with Crippen molar-refractivity contribution in [3.05, 3.63) is 59.7 Å². The normalized spacial score (nSPS) is 15.4. The molecule has 1 heterocycles. The molecule has 0 spiro atoms. The van der Waals surface area contributed by atoms with Crippen LogP contribution in [0.15, 0.2) is 57.8 Å². The molecule has 1 aliphatic rings. The molecule has 0 aliphatic carbocycles. The molecule has 0 unspecified atom stereocenters. The van der Waals surface area contributed by atoms with Gasteiger partial charge >= 0.3 is 0 Å². The van der Waals surface area contributed by atoms with Gasteiger partial charge in [0.1, 0.15) is 4.90 Å². The van der Waals surface area contributed by atoms with Crippen LogP contribution in [-0.2, 0) is 21.4 Å². The number of nitrogens with zero attached hydrogens (tertiary/aromatic N) is 1. The van der Waals surface area contributed by atoms with Crippen molar-refractivity contribution in [2.45, 2.75) is 11.5 Å². The maximum Gasteiger partial charge on any atom is 0.285 e. The van der Waals surface area contributed by atoms with Gasteiger partial charge in [-0.1, -0.05) is 24.3 Å². The number of sulfonamides is 1. The zero-order chi connectivity index (χ0) is 14.9. The highest BCUT2D eigenvalue weighted by atomic mass is 32.2. The van der Waals surface area contributed by atoms with Crippen molar-refractivity contribution in [2.75, 3.05) is 12.4 Å². The van der Waals surface area contributed by atoms with Crippen LogP contribution in [0.1, 0.15) is 11.1 Å². The molecule has 2 aromatic carbocycles. The second kappa shape index (κ2) is 5.31. The number of fused-ring (bicyclic) bond motifs is 1. The summed E-state index contributed by atoms with van der Waals surface area (Å²) in [6.45, 7) is 0.540. The fourth-order valence-electron chi connectivity index (χ4n) is 2.18. The summed E-state index contributed by atoms with van der Waals surface area (Å²) in [5.41, 5.74) is 2.42. The van der Waals surface area contributed by atoms with E-state index >= 15 is 0 Å². The van der Waals surface area contributed by atoms with Crippen molar-refractivity contribution in [2.24, 2.45) is 4.40 Å². The maximum absolute atomic E-state index is 11.9. The molecular formula is C15H14N2O3S. The number of hydrogen-bond acceptors (Lipinski definition) is 4. The van der Waals surface area contributed by atoms with Crippen LogP contribution in [0, 0.1) is 0 Å². The van der Waals surface area contributed by atoms with Crippen LogP contribution in [0.2, 0.25) is 0 Å². The molecule has 0 saturated heterocycles. The van der Waals surface area contributed by atoms with Crippen LogP contribution in [-0.4, -0.2) is 21.4 Å². The van der Waals surface area contributed by atoms with Crippen molar-refractivity contribution in [1.29, 1.82) is 0 Å². The Labute approximate surface area is 123 Å². The lowest BCUT2D eigenvalue weighted by Crippen LogP contribution is -2.11. The van der Waals surface area contributed by atoms with Gasteiger partial charge in [-0.2, -0.15) is 8.42 Å². The molecule has 3 rings (SSSR count). The predicted octanol–water partition coefficient (Wildman–Crippen LogP) is 2.39. The standard InChI is InChI=1S/C15H14N2O3S/c1-20-10-11-6-8-12(9-7-11)16-15-13-4-2-3-5-14(13)21(18,19)17-15/h2-9H,10H2,1H3,(H,16,17). The number of amidine groups is 1. The summed E-state index contributed by atoms with van der Waals surface area (Å²) in [4.78, 5) is 0.239. The molecule has 0 aromatic heterocycles. The molecule has 0 bridgehead atoms. The molecule has 0 atom stereocenters. The summed E-state index contributed by atoms with van der Waals surface area (Å²) in [5.74, 6) is 0.352. The van der Waals surface area contributed by atoms with Gasteiger partial charge in [0, 0.05) is 18.4 Å². The van der Waals surface area contributed by atoms with Gasteiger partial charge in [0.25, 0.3) is 10.0 Å². The van der Waals surface area contributed by atoms with E-state index in [1.165, 1.54) is 0 Å². The van der Waals surface area contributed by atoms with Crippen LogP contribution in [0.3, 0.4) is 0 Å². The van der Waals surface area contributed by atoms with Gasteiger partial charge < -0.3 is 10.1 Å². The minimum absolute atomic E-state index is 0.239. The first kappa shape index (κ1) is 13.8. The maximum atomic E-state index is 11.9. The third-order valence-corrected chi connectivity index (χ3v) is 4.49. The number of rotatable bonds is 3. The van der Waals surface area contributed by atoms with E-state index in [2.05, 4.69) is 9.71 Å². The summed E-state index contributed by atoms with van der Waals surface area (Å²) < 4.78 is 32.7. The molecule has 0 saturated carbocycles. The second-order valence-electron chi connectivity index (χ2n) is 4.67. The number of anilines is 1. The van der Waals surface area contributed by atoms with Crippen molar-refractivity contribution >= 4 is 21.5 Å².